The van der Waals surface area contributed by atoms with Gasteiger partial charge in [-0.15, -0.1) is 0 Å². The number of carbonyl (C=O) groups is 1. The summed E-state index contributed by atoms with van der Waals surface area (Å²) >= 11 is 0. The molecule has 20 heavy (non-hydrogen) atoms. The van der Waals surface area contributed by atoms with Gasteiger partial charge in [0.2, 0.25) is 0 Å². The van der Waals surface area contributed by atoms with Gasteiger partial charge >= 0.3 is 5.97 Å². The molecule has 1 aromatic rings. The van der Waals surface area contributed by atoms with Crippen LogP contribution in [-0.4, -0.2) is 29.9 Å². The first-order valence-corrected chi connectivity index (χ1v) is 7.14. The number of carboxylic acids is 1. The highest BCUT2D eigenvalue weighted by atomic mass is 16.5. The molecular formula is C16H24O4. The Morgan fingerprint density at radius 3 is 2.55 bits per heavy atom. The molecule has 4 nitrogen and oxygen atoms in total. The van der Waals surface area contributed by atoms with Crippen LogP contribution in [0.3, 0.4) is 0 Å². The largest absolute Gasteiger partial charge is 0.496 e. The third-order valence-electron chi connectivity index (χ3n) is 3.47. The van der Waals surface area contributed by atoms with Crippen LogP contribution in [0.15, 0.2) is 24.3 Å². The van der Waals surface area contributed by atoms with Gasteiger partial charge < -0.3 is 14.9 Å². The molecule has 0 aliphatic rings. The van der Waals surface area contributed by atoms with Gasteiger partial charge in [-0.2, -0.15) is 0 Å². The molecule has 1 aromatic carbocycles. The zero-order chi connectivity index (χ0) is 14.8. The molecule has 0 heterocycles. The molecule has 1 unspecified atom stereocenters. The molecule has 2 N–H and O–H groups in total. The minimum atomic E-state index is -0.752. The zero-order valence-electron chi connectivity index (χ0n) is 12.0. The lowest BCUT2D eigenvalue weighted by atomic mass is 9.93. The molecule has 1 rings (SSSR count). The number of unbranched alkanes of at least 4 members (excludes halogenated alkanes) is 3. The van der Waals surface area contributed by atoms with Gasteiger partial charge in [-0.3, -0.25) is 4.79 Å². The molecule has 0 fully saturated rings. The molecule has 112 valence electrons. The number of rotatable bonds is 10. The Bertz CT molecular complexity index is 403. The molecule has 0 bridgehead atoms. The topological polar surface area (TPSA) is 66.8 Å². The fourth-order valence-electron chi connectivity index (χ4n) is 2.31. The van der Waals surface area contributed by atoms with Crippen LogP contribution in [0.4, 0.5) is 0 Å². The third kappa shape index (κ3) is 5.61. The molecular weight excluding hydrogens is 256 g/mol. The predicted molar refractivity (Wildman–Crippen MR) is 78.0 cm³/mol. The van der Waals surface area contributed by atoms with Crippen LogP contribution in [0.1, 0.15) is 37.7 Å². The highest BCUT2D eigenvalue weighted by Gasteiger charge is 2.19. The van der Waals surface area contributed by atoms with Crippen LogP contribution in [-0.2, 0) is 11.2 Å². The molecule has 0 saturated heterocycles. The van der Waals surface area contributed by atoms with Gasteiger partial charge in [-0.25, -0.2) is 0 Å². The van der Waals surface area contributed by atoms with Crippen molar-refractivity contribution in [3.63, 3.8) is 0 Å². The van der Waals surface area contributed by atoms with Crippen molar-refractivity contribution in [2.24, 2.45) is 5.92 Å². The second kappa shape index (κ2) is 9.37. The minimum absolute atomic E-state index is 0.212. The average molecular weight is 280 g/mol. The van der Waals surface area contributed by atoms with Crippen molar-refractivity contribution in [1.29, 1.82) is 0 Å². The summed E-state index contributed by atoms with van der Waals surface area (Å²) < 4.78 is 5.26. The maximum atomic E-state index is 11.3. The van der Waals surface area contributed by atoms with E-state index in [0.717, 1.165) is 37.0 Å². The van der Waals surface area contributed by atoms with Crippen molar-refractivity contribution in [1.82, 2.24) is 0 Å². The Kier molecular flexibility index (Phi) is 7.73. The van der Waals surface area contributed by atoms with E-state index in [1.165, 1.54) is 0 Å². The number of para-hydroxylation sites is 1. The molecule has 4 heteroatoms. The number of hydrogen-bond acceptors (Lipinski definition) is 3. The van der Waals surface area contributed by atoms with Crippen molar-refractivity contribution < 1.29 is 19.7 Å². The van der Waals surface area contributed by atoms with E-state index in [2.05, 4.69) is 0 Å². The maximum Gasteiger partial charge on any atom is 0.306 e. The zero-order valence-corrected chi connectivity index (χ0v) is 12.0. The number of benzene rings is 1. The second-order valence-electron chi connectivity index (χ2n) is 4.98. The number of ether oxygens (including phenoxy) is 1. The van der Waals surface area contributed by atoms with E-state index in [1.54, 1.807) is 7.11 Å². The number of aliphatic hydroxyl groups excluding tert-OH is 1. The lowest BCUT2D eigenvalue weighted by Gasteiger charge is -2.14. The maximum absolute atomic E-state index is 11.3. The highest BCUT2D eigenvalue weighted by molar-refractivity contribution is 5.70. The third-order valence-corrected chi connectivity index (χ3v) is 3.47. The Hall–Kier alpha value is -1.55. The summed E-state index contributed by atoms with van der Waals surface area (Å²) in [6, 6.07) is 7.56. The Labute approximate surface area is 120 Å². The Balaban J connectivity index is 2.52. The van der Waals surface area contributed by atoms with E-state index in [1.807, 2.05) is 24.3 Å². The molecule has 0 saturated carbocycles. The number of hydrogen-bond donors (Lipinski definition) is 2. The highest BCUT2D eigenvalue weighted by Crippen LogP contribution is 2.23. The van der Waals surface area contributed by atoms with Gasteiger partial charge in [0.15, 0.2) is 0 Å². The van der Waals surface area contributed by atoms with Gasteiger partial charge in [-0.1, -0.05) is 37.5 Å². The molecule has 0 amide bonds. The van der Waals surface area contributed by atoms with E-state index in [0.29, 0.717) is 12.8 Å². The smallest absolute Gasteiger partial charge is 0.306 e. The summed E-state index contributed by atoms with van der Waals surface area (Å²) in [5, 5.41) is 18.0. The standard InChI is InChI=1S/C16H24O4/c1-20-15-10-6-5-8-13(15)12-14(16(18)19)9-4-2-3-7-11-17/h5-6,8,10,14,17H,2-4,7,9,11-12H2,1H3,(H,18,19). The van der Waals surface area contributed by atoms with Gasteiger partial charge in [0, 0.05) is 6.61 Å². The Morgan fingerprint density at radius 1 is 1.20 bits per heavy atom. The van der Waals surface area contributed by atoms with E-state index in [9.17, 15) is 9.90 Å². The predicted octanol–water partition coefficient (Wildman–Crippen LogP) is 2.88. The normalized spacial score (nSPS) is 12.1. The fourth-order valence-corrected chi connectivity index (χ4v) is 2.31. The summed E-state index contributed by atoms with van der Waals surface area (Å²) in [5.74, 6) is -0.377. The first-order valence-electron chi connectivity index (χ1n) is 7.14. The summed E-state index contributed by atoms with van der Waals surface area (Å²) in [6.07, 6.45) is 4.77. The first-order chi connectivity index (χ1) is 9.69. The summed E-state index contributed by atoms with van der Waals surface area (Å²) in [7, 11) is 1.60. The van der Waals surface area contributed by atoms with E-state index >= 15 is 0 Å². The van der Waals surface area contributed by atoms with Crippen LogP contribution >= 0.6 is 0 Å². The SMILES string of the molecule is COc1ccccc1CC(CCCCCCO)C(=O)O. The van der Waals surface area contributed by atoms with Crippen molar-refractivity contribution in [2.45, 2.75) is 38.5 Å². The van der Waals surface area contributed by atoms with Crippen molar-refractivity contribution in [2.75, 3.05) is 13.7 Å². The molecule has 0 radical (unpaired) electrons. The summed E-state index contributed by atoms with van der Waals surface area (Å²) in [6.45, 7) is 0.212. The van der Waals surface area contributed by atoms with E-state index in [4.69, 9.17) is 9.84 Å². The summed E-state index contributed by atoms with van der Waals surface area (Å²) in [4.78, 5) is 11.3. The lowest BCUT2D eigenvalue weighted by molar-refractivity contribution is -0.142. The van der Waals surface area contributed by atoms with Crippen LogP contribution in [0, 0.1) is 5.92 Å². The van der Waals surface area contributed by atoms with Crippen molar-refractivity contribution in [3.8, 4) is 5.75 Å². The summed E-state index contributed by atoms with van der Waals surface area (Å²) in [5.41, 5.74) is 0.942. The van der Waals surface area contributed by atoms with Gasteiger partial charge in [0.1, 0.15) is 5.75 Å². The minimum Gasteiger partial charge on any atom is -0.496 e. The number of aliphatic carboxylic acids is 1. The average Bonchev–Trinajstić information content (AvgIpc) is 2.46. The van der Waals surface area contributed by atoms with E-state index in [-0.39, 0.29) is 12.5 Å². The first kappa shape index (κ1) is 16.5. The molecule has 0 aliphatic carbocycles. The number of carboxylic acid groups (broad SMARTS) is 1. The quantitative estimate of drug-likeness (QED) is 0.647. The monoisotopic (exact) mass is 280 g/mol. The molecule has 0 spiro atoms. The van der Waals surface area contributed by atoms with Crippen LogP contribution in [0.2, 0.25) is 0 Å². The molecule has 0 aromatic heterocycles. The van der Waals surface area contributed by atoms with E-state index < -0.39 is 5.97 Å². The number of methoxy groups -OCH3 is 1. The Morgan fingerprint density at radius 2 is 1.90 bits per heavy atom. The second-order valence-corrected chi connectivity index (χ2v) is 4.98. The van der Waals surface area contributed by atoms with Gasteiger partial charge in [0.25, 0.3) is 0 Å². The van der Waals surface area contributed by atoms with Crippen molar-refractivity contribution >= 4 is 5.97 Å². The fraction of sp³-hybridized carbons (Fsp3) is 0.562. The van der Waals surface area contributed by atoms with Crippen LogP contribution in [0.25, 0.3) is 0 Å². The molecule has 1 atom stereocenters. The van der Waals surface area contributed by atoms with Crippen LogP contribution < -0.4 is 4.74 Å². The van der Waals surface area contributed by atoms with Crippen molar-refractivity contribution in [3.05, 3.63) is 29.8 Å². The molecule has 0 aliphatic heterocycles. The number of aliphatic hydroxyl groups is 1. The van der Waals surface area contributed by atoms with Crippen LogP contribution in [0.5, 0.6) is 5.75 Å². The van der Waals surface area contributed by atoms with Gasteiger partial charge in [0.05, 0.1) is 13.0 Å². The lowest BCUT2D eigenvalue weighted by Crippen LogP contribution is -2.17. The van der Waals surface area contributed by atoms with Gasteiger partial charge in [-0.05, 0) is 30.9 Å².